The molecule has 0 saturated carbocycles. The van der Waals surface area contributed by atoms with E-state index in [9.17, 15) is 21.6 Å². The summed E-state index contributed by atoms with van der Waals surface area (Å²) in [5.74, 6) is 0.360. The molecule has 1 saturated heterocycles. The van der Waals surface area contributed by atoms with E-state index in [1.165, 1.54) is 24.3 Å². The van der Waals surface area contributed by atoms with Crippen molar-refractivity contribution in [2.45, 2.75) is 18.9 Å². The van der Waals surface area contributed by atoms with E-state index in [4.69, 9.17) is 9.11 Å². The van der Waals surface area contributed by atoms with E-state index in [2.05, 4.69) is 18.7 Å². The van der Waals surface area contributed by atoms with Gasteiger partial charge in [0.15, 0.2) is 5.82 Å². The molecule has 4 N–H and O–H groups in total. The van der Waals surface area contributed by atoms with E-state index in [1.807, 2.05) is 30.3 Å². The number of amides is 1. The maximum Gasteiger partial charge on any atom is 0.446 e. The normalized spacial score (nSPS) is 17.2. The maximum atomic E-state index is 13.5. The van der Waals surface area contributed by atoms with Gasteiger partial charge >= 0.3 is 20.8 Å². The van der Waals surface area contributed by atoms with E-state index >= 15 is 0 Å². The van der Waals surface area contributed by atoms with Crippen molar-refractivity contribution in [1.82, 2.24) is 10.2 Å². The van der Waals surface area contributed by atoms with Crippen molar-refractivity contribution in [3.63, 3.8) is 0 Å². The summed E-state index contributed by atoms with van der Waals surface area (Å²) in [5, 5.41) is 3.32. The second-order valence-corrected chi connectivity index (χ2v) is 11.2. The Labute approximate surface area is 230 Å². The minimum absolute atomic E-state index is 0.0568. The highest BCUT2D eigenvalue weighted by Gasteiger charge is 2.42. The lowest BCUT2D eigenvalue weighted by molar-refractivity contribution is -0.406. The Kier molecular flexibility index (Phi) is 7.33. The van der Waals surface area contributed by atoms with Crippen LogP contribution in [-0.4, -0.2) is 55.0 Å². The van der Waals surface area contributed by atoms with Gasteiger partial charge in [0, 0.05) is 12.0 Å². The van der Waals surface area contributed by atoms with Crippen LogP contribution in [0.25, 0.3) is 0 Å². The average molecular weight is 587 g/mol. The van der Waals surface area contributed by atoms with Crippen LogP contribution in [0.5, 0.6) is 11.5 Å². The molecule has 40 heavy (non-hydrogen) atoms. The lowest BCUT2D eigenvalue weighted by atomic mass is 10.0. The maximum absolute atomic E-state index is 13.5. The molecule has 5 rings (SSSR count). The van der Waals surface area contributed by atoms with Gasteiger partial charge in [-0.15, -0.1) is 0 Å². The first-order chi connectivity index (χ1) is 18.9. The third kappa shape index (κ3) is 6.66. The molecule has 12 nitrogen and oxygen atoms in total. The zero-order valence-electron chi connectivity index (χ0n) is 20.7. The number of hydrogen-bond acceptors (Lipinski definition) is 8. The second-order valence-electron chi connectivity index (χ2n) is 9.11. The molecule has 1 amide bonds. The van der Waals surface area contributed by atoms with Gasteiger partial charge in [0.05, 0.1) is 6.42 Å². The second kappa shape index (κ2) is 10.7. The Balaban J connectivity index is 1.40. The lowest BCUT2D eigenvalue weighted by Gasteiger charge is -2.20. The number of nitrogens with one attached hydrogen (secondary N) is 2. The summed E-state index contributed by atoms with van der Waals surface area (Å²) < 4.78 is 70.6. The molecule has 3 aromatic rings. The third-order valence-corrected chi connectivity index (χ3v) is 7.05. The molecule has 2 aliphatic rings. The smallest absolute Gasteiger partial charge is 0.362 e. The van der Waals surface area contributed by atoms with Gasteiger partial charge in [-0.25, -0.2) is 4.99 Å². The minimum atomic E-state index is -4.66. The summed E-state index contributed by atoms with van der Waals surface area (Å²) in [6, 6.07) is 21.1. The van der Waals surface area contributed by atoms with E-state index in [1.54, 1.807) is 29.2 Å². The third-order valence-electron chi connectivity index (χ3n) is 6.24. The zero-order valence-corrected chi connectivity index (χ0v) is 22.4. The fourth-order valence-electron chi connectivity index (χ4n) is 4.55. The number of fused-ring (bicyclic) bond motifs is 1. The van der Waals surface area contributed by atoms with Crippen molar-refractivity contribution in [3.05, 3.63) is 107 Å². The molecule has 14 heteroatoms. The molecule has 3 aromatic carbocycles. The quantitative estimate of drug-likeness (QED) is 0.257. The Hall–Kier alpha value is -4.24. The molecular weight excluding hydrogens is 562 g/mol. The molecule has 2 aliphatic heterocycles. The van der Waals surface area contributed by atoms with Crippen molar-refractivity contribution < 1.29 is 44.1 Å². The Morgan fingerprint density at radius 2 is 1.40 bits per heavy atom. The highest BCUT2D eigenvalue weighted by molar-refractivity contribution is 7.81. The molecule has 0 radical (unpaired) electrons. The Bertz CT molecular complexity index is 1700. The molecule has 0 aliphatic carbocycles. The van der Waals surface area contributed by atoms with Crippen LogP contribution in [0, 0.1) is 0 Å². The number of allylic oxidation sites excluding steroid dienone is 1. The Morgan fingerprint density at radius 1 is 0.825 bits per heavy atom. The number of carbonyl (C=O) groups is 1. The van der Waals surface area contributed by atoms with Gasteiger partial charge in [-0.05, 0) is 47.5 Å². The van der Waals surface area contributed by atoms with Gasteiger partial charge in [0.2, 0.25) is 11.4 Å². The number of rotatable bonds is 9. The standard InChI is InChI=1S/C26H23N3O9S2/c30-26-23(15-18-6-10-20(11-7-18)37-39(31,32)33)28-25-22(14-17-4-2-1-3-5-17)27-24(16-29(25)26)19-8-12-21(13-9-19)38-40(34,35)36/h1-13,23,28H,14-16H2,(H,31,32,33)(H,34,35,36)/p+1. The predicted molar refractivity (Wildman–Crippen MR) is 142 cm³/mol. The van der Waals surface area contributed by atoms with Crippen molar-refractivity contribution in [2.75, 3.05) is 6.54 Å². The van der Waals surface area contributed by atoms with Crippen molar-refractivity contribution in [2.24, 2.45) is 0 Å². The van der Waals surface area contributed by atoms with E-state index in [0.717, 1.165) is 16.8 Å². The van der Waals surface area contributed by atoms with E-state index in [-0.39, 0.29) is 24.0 Å². The molecule has 0 spiro atoms. The highest BCUT2D eigenvalue weighted by atomic mass is 32.3. The highest BCUT2D eigenvalue weighted by Crippen LogP contribution is 2.24. The van der Waals surface area contributed by atoms with Gasteiger partial charge < -0.3 is 13.7 Å². The van der Waals surface area contributed by atoms with Gasteiger partial charge in [-0.3, -0.25) is 18.8 Å². The largest absolute Gasteiger partial charge is 0.446 e. The van der Waals surface area contributed by atoms with Crippen LogP contribution < -0.4 is 18.7 Å². The van der Waals surface area contributed by atoms with Crippen molar-refractivity contribution in [3.8, 4) is 11.5 Å². The lowest BCUT2D eigenvalue weighted by Crippen LogP contribution is -2.76. The van der Waals surface area contributed by atoms with Crippen molar-refractivity contribution in [1.29, 1.82) is 0 Å². The van der Waals surface area contributed by atoms with Crippen LogP contribution >= 0.6 is 0 Å². The monoisotopic (exact) mass is 586 g/mol. The SMILES string of the molecule is O=C1C(Cc2ccc(OS(=O)(=O)O)cc2)NC2=C(Cc3ccccc3)[NH+]=C(c3ccc(OS(=O)(=O)O)cc3)CN12. The summed E-state index contributed by atoms with van der Waals surface area (Å²) in [5.41, 5.74) is 3.92. The van der Waals surface area contributed by atoms with E-state index in [0.29, 0.717) is 29.9 Å². The summed E-state index contributed by atoms with van der Waals surface area (Å²) in [7, 11) is -9.30. The topological polar surface area (TPSA) is 174 Å². The van der Waals surface area contributed by atoms with Crippen molar-refractivity contribution >= 4 is 32.4 Å². The average Bonchev–Trinajstić information content (AvgIpc) is 3.20. The molecule has 1 atom stereocenters. The molecule has 208 valence electrons. The fraction of sp³-hybridized carbons (Fsp3) is 0.154. The summed E-state index contributed by atoms with van der Waals surface area (Å²) >= 11 is 0. The van der Waals surface area contributed by atoms with Gasteiger partial charge in [-0.1, -0.05) is 42.5 Å². The molecule has 1 unspecified atom stereocenters. The van der Waals surface area contributed by atoms with Crippen LogP contribution in [0.3, 0.4) is 0 Å². The van der Waals surface area contributed by atoms with Gasteiger partial charge in [0.25, 0.3) is 5.91 Å². The number of hydrogen-bond donors (Lipinski definition) is 4. The van der Waals surface area contributed by atoms with Crippen LogP contribution in [0.1, 0.15) is 16.7 Å². The summed E-state index contributed by atoms with van der Waals surface area (Å²) in [6.07, 6.45) is 0.801. The Morgan fingerprint density at radius 3 is 1.98 bits per heavy atom. The summed E-state index contributed by atoms with van der Waals surface area (Å²) in [4.78, 5) is 18.6. The summed E-state index contributed by atoms with van der Waals surface area (Å²) in [6.45, 7) is 0.218. The van der Waals surface area contributed by atoms with E-state index < -0.39 is 26.8 Å². The zero-order chi connectivity index (χ0) is 28.5. The van der Waals surface area contributed by atoms with Crippen LogP contribution in [0.15, 0.2) is 90.4 Å². The molecule has 2 heterocycles. The van der Waals surface area contributed by atoms with Crippen LogP contribution in [0.2, 0.25) is 0 Å². The first kappa shape index (κ1) is 27.3. The van der Waals surface area contributed by atoms with Gasteiger partial charge in [0.1, 0.15) is 24.1 Å². The molecule has 1 fully saturated rings. The van der Waals surface area contributed by atoms with Crippen LogP contribution in [0.4, 0.5) is 0 Å². The minimum Gasteiger partial charge on any atom is -0.362 e. The molecular formula is C26H24N3O9S2+. The van der Waals surface area contributed by atoms with Gasteiger partial charge in [-0.2, -0.15) is 16.8 Å². The number of carbonyl (C=O) groups excluding carboxylic acids is 1. The first-order valence-electron chi connectivity index (χ1n) is 11.9. The first-order valence-corrected chi connectivity index (χ1v) is 14.7. The van der Waals surface area contributed by atoms with Crippen LogP contribution in [-0.2, 0) is 38.4 Å². The fourth-order valence-corrected chi connectivity index (χ4v) is 5.26. The number of benzene rings is 3. The predicted octanol–water partition coefficient (Wildman–Crippen LogP) is 0.388. The molecule has 0 bridgehead atoms. The molecule has 0 aromatic heterocycles. The number of nitrogens with zero attached hydrogens (tertiary/aromatic N) is 1.